The van der Waals surface area contributed by atoms with Crippen LogP contribution in [0.15, 0.2) is 24.5 Å². The normalized spacial score (nSPS) is 16.3. The standard InChI is InChI=1S/C20H27N5O4/c1-28-16-7-6-15(17(10-16)29-2)11-21-18(26)8-5-14-4-3-9-25(12-14)20(27)19-22-13-23-24-19/h6-7,10,13-14H,3-5,8-9,11-12H2,1-2H3,(H,21,26)(H,22,23,24). The molecule has 2 N–H and O–H groups in total. The van der Waals surface area contributed by atoms with E-state index < -0.39 is 0 Å². The minimum absolute atomic E-state index is 0.0124. The van der Waals surface area contributed by atoms with Crippen LogP contribution in [0, 0.1) is 5.92 Å². The number of carbonyl (C=O) groups is 2. The van der Waals surface area contributed by atoms with Gasteiger partial charge in [0.1, 0.15) is 17.8 Å². The Labute approximate surface area is 169 Å². The van der Waals surface area contributed by atoms with E-state index in [1.165, 1.54) is 6.33 Å². The van der Waals surface area contributed by atoms with E-state index in [2.05, 4.69) is 20.5 Å². The van der Waals surface area contributed by atoms with Gasteiger partial charge in [0.25, 0.3) is 5.91 Å². The third-order valence-corrected chi connectivity index (χ3v) is 5.17. The van der Waals surface area contributed by atoms with Crippen molar-refractivity contribution in [3.8, 4) is 11.5 Å². The van der Waals surface area contributed by atoms with Gasteiger partial charge >= 0.3 is 0 Å². The van der Waals surface area contributed by atoms with Crippen molar-refractivity contribution in [2.45, 2.75) is 32.2 Å². The summed E-state index contributed by atoms with van der Waals surface area (Å²) in [4.78, 5) is 30.4. The summed E-state index contributed by atoms with van der Waals surface area (Å²) in [6.07, 6.45) is 4.44. The van der Waals surface area contributed by atoms with Crippen molar-refractivity contribution < 1.29 is 19.1 Å². The van der Waals surface area contributed by atoms with Gasteiger partial charge in [-0.3, -0.25) is 14.7 Å². The average Bonchev–Trinajstić information content (AvgIpc) is 3.30. The summed E-state index contributed by atoms with van der Waals surface area (Å²) >= 11 is 0. The third kappa shape index (κ3) is 5.46. The van der Waals surface area contributed by atoms with Crippen LogP contribution < -0.4 is 14.8 Å². The highest BCUT2D eigenvalue weighted by molar-refractivity contribution is 5.90. The lowest BCUT2D eigenvalue weighted by atomic mass is 9.93. The van der Waals surface area contributed by atoms with Crippen molar-refractivity contribution in [2.75, 3.05) is 27.3 Å². The van der Waals surface area contributed by atoms with Crippen molar-refractivity contribution in [2.24, 2.45) is 5.92 Å². The predicted octanol–water partition coefficient (Wildman–Crippen LogP) is 1.77. The Morgan fingerprint density at radius 3 is 2.90 bits per heavy atom. The van der Waals surface area contributed by atoms with Gasteiger partial charge in [-0.15, -0.1) is 0 Å². The van der Waals surface area contributed by atoms with Gasteiger partial charge in [-0.25, -0.2) is 4.98 Å². The van der Waals surface area contributed by atoms with E-state index in [1.807, 2.05) is 12.1 Å². The molecule has 156 valence electrons. The molecule has 1 aromatic carbocycles. The van der Waals surface area contributed by atoms with E-state index in [0.29, 0.717) is 43.5 Å². The zero-order valence-corrected chi connectivity index (χ0v) is 16.8. The molecule has 0 radical (unpaired) electrons. The summed E-state index contributed by atoms with van der Waals surface area (Å²) in [5.41, 5.74) is 0.892. The Hall–Kier alpha value is -3.10. The fraction of sp³-hybridized carbons (Fsp3) is 0.500. The average molecular weight is 401 g/mol. The van der Waals surface area contributed by atoms with Gasteiger partial charge in [0.05, 0.1) is 14.2 Å². The van der Waals surface area contributed by atoms with Crippen molar-refractivity contribution >= 4 is 11.8 Å². The zero-order chi connectivity index (χ0) is 20.6. The Morgan fingerprint density at radius 1 is 1.31 bits per heavy atom. The van der Waals surface area contributed by atoms with Gasteiger partial charge in [0.2, 0.25) is 11.7 Å². The Kier molecular flexibility index (Phi) is 7.04. The SMILES string of the molecule is COc1ccc(CNC(=O)CCC2CCCN(C(=O)c3ncn[nH]3)C2)c(OC)c1. The quantitative estimate of drug-likeness (QED) is 0.698. The molecule has 1 aromatic heterocycles. The molecular weight excluding hydrogens is 374 g/mol. The van der Waals surface area contributed by atoms with E-state index in [4.69, 9.17) is 9.47 Å². The smallest absolute Gasteiger partial charge is 0.291 e. The first kappa shape index (κ1) is 20.6. The highest BCUT2D eigenvalue weighted by Crippen LogP contribution is 2.25. The van der Waals surface area contributed by atoms with Gasteiger partial charge < -0.3 is 19.7 Å². The van der Waals surface area contributed by atoms with Crippen LogP contribution in [0.5, 0.6) is 11.5 Å². The molecule has 2 amide bonds. The first-order valence-corrected chi connectivity index (χ1v) is 9.73. The molecule has 2 aromatic rings. The molecule has 0 saturated carbocycles. The molecule has 1 aliphatic rings. The largest absolute Gasteiger partial charge is 0.497 e. The summed E-state index contributed by atoms with van der Waals surface area (Å²) in [7, 11) is 3.19. The highest BCUT2D eigenvalue weighted by Gasteiger charge is 2.26. The van der Waals surface area contributed by atoms with Crippen molar-refractivity contribution in [1.82, 2.24) is 25.4 Å². The maximum Gasteiger partial charge on any atom is 0.291 e. The molecule has 1 saturated heterocycles. The van der Waals surface area contributed by atoms with Gasteiger partial charge in [-0.05, 0) is 37.3 Å². The molecule has 0 bridgehead atoms. The molecule has 1 atom stereocenters. The number of amides is 2. The number of likely N-dealkylation sites (tertiary alicyclic amines) is 1. The summed E-state index contributed by atoms with van der Waals surface area (Å²) in [5, 5.41) is 9.29. The Morgan fingerprint density at radius 2 is 2.17 bits per heavy atom. The van der Waals surface area contributed by atoms with Crippen LogP contribution in [0.25, 0.3) is 0 Å². The van der Waals surface area contributed by atoms with Gasteiger partial charge in [-0.1, -0.05) is 0 Å². The van der Waals surface area contributed by atoms with Crippen LogP contribution in [0.3, 0.4) is 0 Å². The molecule has 9 nitrogen and oxygen atoms in total. The van der Waals surface area contributed by atoms with Crippen LogP contribution >= 0.6 is 0 Å². The fourth-order valence-corrected chi connectivity index (χ4v) is 3.56. The number of rotatable bonds is 8. The van der Waals surface area contributed by atoms with E-state index in [0.717, 1.165) is 24.8 Å². The Balaban J connectivity index is 1.45. The first-order valence-electron chi connectivity index (χ1n) is 9.73. The number of ether oxygens (including phenoxy) is 2. The van der Waals surface area contributed by atoms with Crippen LogP contribution in [0.1, 0.15) is 41.9 Å². The first-order chi connectivity index (χ1) is 14.1. The minimum atomic E-state index is -0.136. The second-order valence-corrected chi connectivity index (χ2v) is 7.09. The number of aromatic amines is 1. The maximum atomic E-state index is 12.4. The topological polar surface area (TPSA) is 109 Å². The second-order valence-electron chi connectivity index (χ2n) is 7.09. The number of nitrogens with zero attached hydrogens (tertiary/aromatic N) is 3. The predicted molar refractivity (Wildman–Crippen MR) is 106 cm³/mol. The molecule has 0 spiro atoms. The number of piperidine rings is 1. The minimum Gasteiger partial charge on any atom is -0.497 e. The lowest BCUT2D eigenvalue weighted by Gasteiger charge is -2.32. The number of benzene rings is 1. The van der Waals surface area contributed by atoms with Crippen molar-refractivity contribution in [3.63, 3.8) is 0 Å². The summed E-state index contributed by atoms with van der Waals surface area (Å²) in [6, 6.07) is 5.52. The van der Waals surface area contributed by atoms with Crippen molar-refractivity contribution in [3.05, 3.63) is 35.9 Å². The van der Waals surface area contributed by atoms with E-state index in [1.54, 1.807) is 25.2 Å². The number of aromatic nitrogens is 3. The number of methoxy groups -OCH3 is 2. The molecule has 0 aliphatic carbocycles. The summed E-state index contributed by atoms with van der Waals surface area (Å²) < 4.78 is 10.5. The molecule has 1 aliphatic heterocycles. The molecule has 1 fully saturated rings. The molecule has 9 heteroatoms. The lowest BCUT2D eigenvalue weighted by molar-refractivity contribution is -0.121. The monoisotopic (exact) mass is 401 g/mol. The highest BCUT2D eigenvalue weighted by atomic mass is 16.5. The van der Waals surface area contributed by atoms with Crippen LogP contribution in [-0.2, 0) is 11.3 Å². The molecule has 3 rings (SSSR count). The van der Waals surface area contributed by atoms with Crippen molar-refractivity contribution in [1.29, 1.82) is 0 Å². The molecule has 29 heavy (non-hydrogen) atoms. The fourth-order valence-electron chi connectivity index (χ4n) is 3.56. The summed E-state index contributed by atoms with van der Waals surface area (Å²) in [6.45, 7) is 1.74. The number of hydrogen-bond acceptors (Lipinski definition) is 6. The van der Waals surface area contributed by atoms with Crippen LogP contribution in [0.2, 0.25) is 0 Å². The number of carbonyl (C=O) groups excluding carboxylic acids is 2. The number of nitrogens with one attached hydrogen (secondary N) is 2. The van der Waals surface area contributed by atoms with Gasteiger partial charge in [-0.2, -0.15) is 5.10 Å². The molecule has 1 unspecified atom stereocenters. The number of hydrogen-bond donors (Lipinski definition) is 2. The number of H-pyrrole nitrogens is 1. The molecular formula is C20H27N5O4. The van der Waals surface area contributed by atoms with E-state index >= 15 is 0 Å². The van der Waals surface area contributed by atoms with Gasteiger partial charge in [0, 0.05) is 37.7 Å². The Bertz CT molecular complexity index is 824. The van der Waals surface area contributed by atoms with Crippen LogP contribution in [-0.4, -0.2) is 59.2 Å². The van der Waals surface area contributed by atoms with Crippen LogP contribution in [0.4, 0.5) is 0 Å². The maximum absolute atomic E-state index is 12.4. The molecule has 2 heterocycles. The van der Waals surface area contributed by atoms with E-state index in [9.17, 15) is 9.59 Å². The van der Waals surface area contributed by atoms with Gasteiger partial charge in [0.15, 0.2) is 0 Å². The zero-order valence-electron chi connectivity index (χ0n) is 16.8. The lowest BCUT2D eigenvalue weighted by Crippen LogP contribution is -2.40. The third-order valence-electron chi connectivity index (χ3n) is 5.17. The summed E-state index contributed by atoms with van der Waals surface area (Å²) in [5.74, 6) is 1.80. The van der Waals surface area contributed by atoms with E-state index in [-0.39, 0.29) is 17.6 Å². The second kappa shape index (κ2) is 9.90.